The minimum atomic E-state index is -0.429. The summed E-state index contributed by atoms with van der Waals surface area (Å²) in [5, 5.41) is 13.0. The van der Waals surface area contributed by atoms with Crippen molar-refractivity contribution < 1.29 is 14.3 Å². The van der Waals surface area contributed by atoms with Crippen molar-refractivity contribution in [3.8, 4) is 0 Å². The Morgan fingerprint density at radius 1 is 1.24 bits per heavy atom. The lowest BCUT2D eigenvalue weighted by Crippen LogP contribution is -2.31. The van der Waals surface area contributed by atoms with E-state index in [0.717, 1.165) is 31.8 Å². The maximum Gasteiger partial charge on any atom is 0.105 e. The van der Waals surface area contributed by atoms with Gasteiger partial charge in [-0.25, -0.2) is 0 Å². The lowest BCUT2D eigenvalue weighted by Gasteiger charge is -2.12. The summed E-state index contributed by atoms with van der Waals surface area (Å²) in [6, 6.07) is 3.85. The van der Waals surface area contributed by atoms with Gasteiger partial charge < -0.3 is 19.6 Å². The molecule has 1 atom stereocenters. The summed E-state index contributed by atoms with van der Waals surface area (Å²) < 4.78 is 10.7. The van der Waals surface area contributed by atoms with E-state index in [0.29, 0.717) is 13.2 Å². The molecule has 1 rings (SSSR count). The molecule has 0 aliphatic carbocycles. The highest BCUT2D eigenvalue weighted by molar-refractivity contribution is 4.98. The van der Waals surface area contributed by atoms with Crippen LogP contribution in [0.5, 0.6) is 0 Å². The van der Waals surface area contributed by atoms with Gasteiger partial charge in [-0.15, -0.1) is 0 Å². The van der Waals surface area contributed by atoms with E-state index >= 15 is 0 Å². The average molecular weight is 297 g/mol. The number of aliphatic hydroxyl groups excluding tert-OH is 1. The van der Waals surface area contributed by atoms with Crippen molar-refractivity contribution in [2.24, 2.45) is 0 Å². The summed E-state index contributed by atoms with van der Waals surface area (Å²) in [4.78, 5) is 0. The van der Waals surface area contributed by atoms with E-state index in [4.69, 9.17) is 9.15 Å². The van der Waals surface area contributed by atoms with E-state index in [1.807, 2.05) is 12.1 Å². The molecule has 21 heavy (non-hydrogen) atoms. The van der Waals surface area contributed by atoms with Crippen LogP contribution < -0.4 is 5.32 Å². The first-order chi connectivity index (χ1) is 10.3. The molecule has 0 aliphatic rings. The Balaban J connectivity index is 1.82. The number of hydrogen-bond donors (Lipinski definition) is 2. The van der Waals surface area contributed by atoms with Gasteiger partial charge in [0.05, 0.1) is 19.0 Å². The Labute approximate surface area is 128 Å². The van der Waals surface area contributed by atoms with Crippen LogP contribution in [0, 0.1) is 0 Å². The molecule has 0 saturated carbocycles. The third kappa shape index (κ3) is 10.5. The van der Waals surface area contributed by atoms with Crippen molar-refractivity contribution in [2.45, 2.75) is 58.0 Å². The smallest absolute Gasteiger partial charge is 0.105 e. The van der Waals surface area contributed by atoms with Gasteiger partial charge in [-0.3, -0.25) is 0 Å². The molecule has 0 aliphatic heterocycles. The second-order valence-corrected chi connectivity index (χ2v) is 5.53. The van der Waals surface area contributed by atoms with Gasteiger partial charge in [0.2, 0.25) is 0 Å². The van der Waals surface area contributed by atoms with Crippen LogP contribution in [0.3, 0.4) is 0 Å². The lowest BCUT2D eigenvalue weighted by atomic mass is 10.1. The summed E-state index contributed by atoms with van der Waals surface area (Å²) in [5.41, 5.74) is 0. The first-order valence-corrected chi connectivity index (χ1v) is 8.31. The zero-order valence-electron chi connectivity index (χ0n) is 13.4. The van der Waals surface area contributed by atoms with E-state index < -0.39 is 6.10 Å². The second-order valence-electron chi connectivity index (χ2n) is 5.53. The number of ether oxygens (including phenoxy) is 1. The minimum absolute atomic E-state index is 0.419. The SMILES string of the molecule is CCCCCCCCOCC(O)CNCCc1ccco1. The van der Waals surface area contributed by atoms with E-state index in [2.05, 4.69) is 12.2 Å². The molecule has 4 nitrogen and oxygen atoms in total. The summed E-state index contributed by atoms with van der Waals surface area (Å²) in [5.74, 6) is 0.969. The maximum atomic E-state index is 9.77. The molecule has 1 aromatic heterocycles. The van der Waals surface area contributed by atoms with Gasteiger partial charge in [0.1, 0.15) is 5.76 Å². The van der Waals surface area contributed by atoms with Crippen molar-refractivity contribution in [2.75, 3.05) is 26.3 Å². The van der Waals surface area contributed by atoms with Crippen LogP contribution in [0.25, 0.3) is 0 Å². The van der Waals surface area contributed by atoms with Crippen LogP contribution in [-0.2, 0) is 11.2 Å². The molecule has 1 aromatic rings. The molecular weight excluding hydrogens is 266 g/mol. The standard InChI is InChI=1S/C17H31NO3/c1-2-3-4-5-6-7-12-20-15-16(19)14-18-11-10-17-9-8-13-21-17/h8-9,13,16,18-19H,2-7,10-12,14-15H2,1H3. The molecule has 122 valence electrons. The zero-order chi connectivity index (χ0) is 15.2. The van der Waals surface area contributed by atoms with Crippen LogP contribution in [0.1, 0.15) is 51.2 Å². The van der Waals surface area contributed by atoms with E-state index in [1.54, 1.807) is 6.26 Å². The van der Waals surface area contributed by atoms with Gasteiger partial charge in [-0.2, -0.15) is 0 Å². The predicted molar refractivity (Wildman–Crippen MR) is 85.5 cm³/mol. The van der Waals surface area contributed by atoms with E-state index in [9.17, 15) is 5.11 Å². The number of hydrogen-bond acceptors (Lipinski definition) is 4. The largest absolute Gasteiger partial charge is 0.469 e. The Hall–Kier alpha value is -0.840. The minimum Gasteiger partial charge on any atom is -0.469 e. The first-order valence-electron chi connectivity index (χ1n) is 8.31. The molecule has 0 aromatic carbocycles. The van der Waals surface area contributed by atoms with E-state index in [-0.39, 0.29) is 0 Å². The normalized spacial score (nSPS) is 12.7. The predicted octanol–water partition coefficient (Wildman–Crippen LogP) is 3.15. The van der Waals surface area contributed by atoms with Gasteiger partial charge >= 0.3 is 0 Å². The molecule has 1 heterocycles. The molecule has 0 fully saturated rings. The quantitative estimate of drug-likeness (QED) is 0.518. The van der Waals surface area contributed by atoms with Crippen molar-refractivity contribution in [3.63, 3.8) is 0 Å². The first kappa shape index (κ1) is 18.2. The van der Waals surface area contributed by atoms with Crippen molar-refractivity contribution in [3.05, 3.63) is 24.2 Å². The molecule has 0 saturated heterocycles. The highest BCUT2D eigenvalue weighted by Crippen LogP contribution is 2.05. The fraction of sp³-hybridized carbons (Fsp3) is 0.765. The number of furan rings is 1. The molecular formula is C17H31NO3. The Morgan fingerprint density at radius 3 is 2.81 bits per heavy atom. The summed E-state index contributed by atoms with van der Waals surface area (Å²) in [6.07, 6.45) is 9.69. The van der Waals surface area contributed by atoms with Crippen LogP contribution >= 0.6 is 0 Å². The topological polar surface area (TPSA) is 54.6 Å². The highest BCUT2D eigenvalue weighted by atomic mass is 16.5. The summed E-state index contributed by atoms with van der Waals surface area (Å²) in [6.45, 7) is 4.78. The average Bonchev–Trinajstić information content (AvgIpc) is 3.00. The molecule has 2 N–H and O–H groups in total. The summed E-state index contributed by atoms with van der Waals surface area (Å²) in [7, 11) is 0. The molecule has 0 amide bonds. The number of nitrogens with one attached hydrogen (secondary N) is 1. The number of unbranched alkanes of at least 4 members (excludes halogenated alkanes) is 5. The Kier molecular flexibility index (Phi) is 11.2. The zero-order valence-corrected chi connectivity index (χ0v) is 13.4. The fourth-order valence-corrected chi connectivity index (χ4v) is 2.20. The summed E-state index contributed by atoms with van der Waals surface area (Å²) >= 11 is 0. The number of aliphatic hydroxyl groups is 1. The fourth-order valence-electron chi connectivity index (χ4n) is 2.20. The maximum absolute atomic E-state index is 9.77. The van der Waals surface area contributed by atoms with Gasteiger partial charge in [0.25, 0.3) is 0 Å². The molecule has 1 unspecified atom stereocenters. The lowest BCUT2D eigenvalue weighted by molar-refractivity contribution is 0.0355. The van der Waals surface area contributed by atoms with Crippen molar-refractivity contribution >= 4 is 0 Å². The second kappa shape index (κ2) is 12.9. The molecule has 0 radical (unpaired) electrons. The third-order valence-corrected chi connectivity index (χ3v) is 3.46. The third-order valence-electron chi connectivity index (χ3n) is 3.46. The molecule has 0 bridgehead atoms. The highest BCUT2D eigenvalue weighted by Gasteiger charge is 2.04. The van der Waals surface area contributed by atoms with Crippen molar-refractivity contribution in [1.82, 2.24) is 5.32 Å². The Morgan fingerprint density at radius 2 is 2.05 bits per heavy atom. The van der Waals surface area contributed by atoms with Gasteiger partial charge in [-0.05, 0) is 18.6 Å². The van der Waals surface area contributed by atoms with Gasteiger partial charge in [-0.1, -0.05) is 39.0 Å². The van der Waals surface area contributed by atoms with Crippen LogP contribution in [0.4, 0.5) is 0 Å². The van der Waals surface area contributed by atoms with Crippen molar-refractivity contribution in [1.29, 1.82) is 0 Å². The van der Waals surface area contributed by atoms with Gasteiger partial charge in [0, 0.05) is 26.1 Å². The van der Waals surface area contributed by atoms with E-state index in [1.165, 1.54) is 32.1 Å². The number of rotatable bonds is 14. The monoisotopic (exact) mass is 297 g/mol. The molecule has 0 spiro atoms. The van der Waals surface area contributed by atoms with Crippen LogP contribution in [0.15, 0.2) is 22.8 Å². The van der Waals surface area contributed by atoms with Crippen LogP contribution in [0.2, 0.25) is 0 Å². The molecule has 4 heteroatoms. The Bertz CT molecular complexity index is 314. The van der Waals surface area contributed by atoms with Crippen LogP contribution in [-0.4, -0.2) is 37.5 Å². The van der Waals surface area contributed by atoms with Gasteiger partial charge in [0.15, 0.2) is 0 Å².